The summed E-state index contributed by atoms with van der Waals surface area (Å²) in [6.07, 6.45) is 5.42. The van der Waals surface area contributed by atoms with Crippen molar-refractivity contribution in [2.75, 3.05) is 25.0 Å². The van der Waals surface area contributed by atoms with Gasteiger partial charge >= 0.3 is 0 Å². The lowest BCUT2D eigenvalue weighted by atomic mass is 10.1. The molecule has 0 bridgehead atoms. The molecule has 6 nitrogen and oxygen atoms in total. The van der Waals surface area contributed by atoms with E-state index in [4.69, 9.17) is 17.0 Å². The van der Waals surface area contributed by atoms with Crippen molar-refractivity contribution in [3.05, 3.63) is 59.7 Å². The van der Waals surface area contributed by atoms with Crippen LogP contribution >= 0.6 is 12.2 Å². The fraction of sp³-hybridized carbons (Fsp3) is 0.423. The molecule has 1 heterocycles. The molecule has 0 aromatic heterocycles. The van der Waals surface area contributed by atoms with Gasteiger partial charge in [-0.25, -0.2) is 0 Å². The number of hydrogen-bond donors (Lipinski definition) is 2. The fourth-order valence-corrected chi connectivity index (χ4v) is 3.85. The van der Waals surface area contributed by atoms with Gasteiger partial charge in [-0.3, -0.25) is 14.9 Å². The summed E-state index contributed by atoms with van der Waals surface area (Å²) < 4.78 is 5.69. The van der Waals surface area contributed by atoms with Crippen molar-refractivity contribution < 1.29 is 14.3 Å². The van der Waals surface area contributed by atoms with Crippen molar-refractivity contribution in [2.24, 2.45) is 5.92 Å². The van der Waals surface area contributed by atoms with Crippen LogP contribution in [0.25, 0.3) is 0 Å². The fourth-order valence-electron chi connectivity index (χ4n) is 3.64. The van der Waals surface area contributed by atoms with Crippen LogP contribution in [0.15, 0.2) is 48.5 Å². The zero-order chi connectivity index (χ0) is 23.6. The first-order chi connectivity index (χ1) is 15.9. The highest BCUT2D eigenvalue weighted by molar-refractivity contribution is 7.80. The number of benzene rings is 2. The van der Waals surface area contributed by atoms with Crippen LogP contribution in [0, 0.1) is 5.92 Å². The van der Waals surface area contributed by atoms with Crippen LogP contribution in [0.3, 0.4) is 0 Å². The molecule has 1 saturated heterocycles. The Hall–Kier alpha value is -2.93. The molecule has 176 valence electrons. The van der Waals surface area contributed by atoms with E-state index in [0.717, 1.165) is 38.1 Å². The number of ether oxygens (including phenoxy) is 1. The van der Waals surface area contributed by atoms with Crippen molar-refractivity contribution >= 4 is 34.8 Å². The number of amides is 2. The lowest BCUT2D eigenvalue weighted by Crippen LogP contribution is -2.34. The zero-order valence-corrected chi connectivity index (χ0v) is 20.2. The minimum absolute atomic E-state index is 0.0335. The van der Waals surface area contributed by atoms with Gasteiger partial charge in [-0.05, 0) is 79.9 Å². The lowest BCUT2D eigenvalue weighted by Gasteiger charge is -2.20. The molecule has 33 heavy (non-hydrogen) atoms. The van der Waals surface area contributed by atoms with E-state index < -0.39 is 0 Å². The number of likely N-dealkylation sites (tertiary alicyclic amines) is 1. The highest BCUT2D eigenvalue weighted by atomic mass is 32.1. The van der Waals surface area contributed by atoms with E-state index in [9.17, 15) is 9.59 Å². The molecule has 0 aliphatic carbocycles. The maximum absolute atomic E-state index is 12.9. The van der Waals surface area contributed by atoms with Gasteiger partial charge < -0.3 is 15.0 Å². The molecule has 0 spiro atoms. The Bertz CT molecular complexity index is 952. The SMILES string of the molecule is CC(C)CCOc1ccc(C(=O)NC(=S)Nc2cccc(C(=O)N3CCCCCC3)c2)cc1. The summed E-state index contributed by atoms with van der Waals surface area (Å²) in [6, 6.07) is 14.2. The van der Waals surface area contributed by atoms with Gasteiger partial charge in [0.1, 0.15) is 5.75 Å². The standard InChI is InChI=1S/C26H33N3O3S/c1-19(2)14-17-32-23-12-10-20(11-13-23)24(30)28-26(33)27-22-9-7-8-21(18-22)25(31)29-15-5-3-4-6-16-29/h7-13,18-19H,3-6,14-17H2,1-2H3,(H2,27,28,30,33). The van der Waals surface area contributed by atoms with E-state index in [-0.39, 0.29) is 16.9 Å². The summed E-state index contributed by atoms with van der Waals surface area (Å²) in [4.78, 5) is 27.3. The summed E-state index contributed by atoms with van der Waals surface area (Å²) in [5, 5.41) is 5.87. The molecule has 0 unspecified atom stereocenters. The number of rotatable bonds is 7. The highest BCUT2D eigenvalue weighted by Gasteiger charge is 2.17. The Labute approximate surface area is 201 Å². The van der Waals surface area contributed by atoms with E-state index in [1.807, 2.05) is 23.1 Å². The average Bonchev–Trinajstić information content (AvgIpc) is 3.08. The first kappa shape index (κ1) is 24.7. The quantitative estimate of drug-likeness (QED) is 0.544. The van der Waals surface area contributed by atoms with Crippen molar-refractivity contribution in [2.45, 2.75) is 46.0 Å². The number of hydrogen-bond acceptors (Lipinski definition) is 4. The molecule has 1 aliphatic heterocycles. The van der Waals surface area contributed by atoms with Gasteiger partial charge in [-0.2, -0.15) is 0 Å². The summed E-state index contributed by atoms with van der Waals surface area (Å²) >= 11 is 5.31. The molecule has 7 heteroatoms. The van der Waals surface area contributed by atoms with Gasteiger partial charge in [0.25, 0.3) is 11.8 Å². The lowest BCUT2D eigenvalue weighted by molar-refractivity contribution is 0.0761. The molecular weight excluding hydrogens is 434 g/mol. The van der Waals surface area contributed by atoms with E-state index in [2.05, 4.69) is 24.5 Å². The second-order valence-electron chi connectivity index (χ2n) is 8.75. The molecule has 0 radical (unpaired) electrons. The first-order valence-corrected chi connectivity index (χ1v) is 12.1. The predicted octanol–water partition coefficient (Wildman–Crippen LogP) is 5.25. The number of nitrogens with one attached hydrogen (secondary N) is 2. The van der Waals surface area contributed by atoms with Crippen LogP contribution in [0.2, 0.25) is 0 Å². The maximum atomic E-state index is 12.9. The molecule has 1 aliphatic rings. The van der Waals surface area contributed by atoms with Crippen molar-refractivity contribution in [1.29, 1.82) is 0 Å². The van der Waals surface area contributed by atoms with Crippen molar-refractivity contribution in [3.63, 3.8) is 0 Å². The Morgan fingerprint density at radius 2 is 1.70 bits per heavy atom. The van der Waals surface area contributed by atoms with E-state index >= 15 is 0 Å². The van der Waals surface area contributed by atoms with Crippen LogP contribution in [-0.2, 0) is 0 Å². The van der Waals surface area contributed by atoms with Crippen molar-refractivity contribution in [1.82, 2.24) is 10.2 Å². The summed E-state index contributed by atoms with van der Waals surface area (Å²) in [5.74, 6) is 1.04. The molecule has 2 aromatic rings. The van der Waals surface area contributed by atoms with Crippen LogP contribution in [-0.4, -0.2) is 41.5 Å². The number of carbonyl (C=O) groups is 2. The smallest absolute Gasteiger partial charge is 0.257 e. The van der Waals surface area contributed by atoms with Gasteiger partial charge in [-0.1, -0.05) is 32.8 Å². The second kappa shape index (κ2) is 12.3. The maximum Gasteiger partial charge on any atom is 0.257 e. The predicted molar refractivity (Wildman–Crippen MR) is 136 cm³/mol. The van der Waals surface area contributed by atoms with Gasteiger partial charge in [0.05, 0.1) is 6.61 Å². The van der Waals surface area contributed by atoms with E-state index in [1.54, 1.807) is 30.3 Å². The van der Waals surface area contributed by atoms with Crippen LogP contribution in [0.4, 0.5) is 5.69 Å². The molecule has 1 fully saturated rings. The van der Waals surface area contributed by atoms with E-state index in [0.29, 0.717) is 29.3 Å². The van der Waals surface area contributed by atoms with Crippen LogP contribution in [0.5, 0.6) is 5.75 Å². The monoisotopic (exact) mass is 467 g/mol. The number of nitrogens with zero attached hydrogens (tertiary/aromatic N) is 1. The first-order valence-electron chi connectivity index (χ1n) is 11.7. The van der Waals surface area contributed by atoms with Gasteiger partial charge in [-0.15, -0.1) is 0 Å². The summed E-state index contributed by atoms with van der Waals surface area (Å²) in [5.41, 5.74) is 1.76. The van der Waals surface area contributed by atoms with Crippen molar-refractivity contribution in [3.8, 4) is 5.75 Å². The average molecular weight is 468 g/mol. The largest absolute Gasteiger partial charge is 0.494 e. The molecule has 2 aromatic carbocycles. The minimum Gasteiger partial charge on any atom is -0.494 e. The van der Waals surface area contributed by atoms with Gasteiger partial charge in [0.15, 0.2) is 5.11 Å². The van der Waals surface area contributed by atoms with Gasteiger partial charge in [0, 0.05) is 29.9 Å². The Morgan fingerprint density at radius 3 is 2.36 bits per heavy atom. The van der Waals surface area contributed by atoms with E-state index in [1.165, 1.54) is 12.8 Å². The van der Waals surface area contributed by atoms with Crippen LogP contribution in [0.1, 0.15) is 66.7 Å². The minimum atomic E-state index is -0.307. The Balaban J connectivity index is 1.53. The molecule has 2 amide bonds. The normalized spacial score (nSPS) is 13.8. The second-order valence-corrected chi connectivity index (χ2v) is 9.16. The number of carbonyl (C=O) groups excluding carboxylic acids is 2. The Kier molecular flexibility index (Phi) is 9.24. The Morgan fingerprint density at radius 1 is 1.00 bits per heavy atom. The third kappa shape index (κ3) is 7.86. The zero-order valence-electron chi connectivity index (χ0n) is 19.4. The molecule has 0 atom stereocenters. The van der Waals surface area contributed by atoms with Crippen LogP contribution < -0.4 is 15.4 Å². The topological polar surface area (TPSA) is 70.7 Å². The van der Waals surface area contributed by atoms with Gasteiger partial charge in [0.2, 0.25) is 0 Å². The third-order valence-corrected chi connectivity index (χ3v) is 5.77. The number of thiocarbonyl (C=S) groups is 1. The molecular formula is C26H33N3O3S. The molecule has 2 N–H and O–H groups in total. The number of anilines is 1. The highest BCUT2D eigenvalue weighted by Crippen LogP contribution is 2.17. The molecule has 3 rings (SSSR count). The molecule has 0 saturated carbocycles. The summed E-state index contributed by atoms with van der Waals surface area (Å²) in [6.45, 7) is 6.55. The summed E-state index contributed by atoms with van der Waals surface area (Å²) in [7, 11) is 0. The third-order valence-electron chi connectivity index (χ3n) is 5.57.